The molecule has 0 aliphatic heterocycles. The maximum absolute atomic E-state index is 8.85. The zero-order valence-corrected chi connectivity index (χ0v) is 10.2. The lowest BCUT2D eigenvalue weighted by atomic mass is 10.1. The van der Waals surface area contributed by atoms with Gasteiger partial charge in [0, 0.05) is 17.1 Å². The van der Waals surface area contributed by atoms with Crippen LogP contribution in [0.4, 0.5) is 17.1 Å². The molecule has 19 heavy (non-hydrogen) atoms. The van der Waals surface area contributed by atoms with Crippen molar-refractivity contribution in [3.63, 3.8) is 0 Å². The van der Waals surface area contributed by atoms with Crippen LogP contribution in [0.5, 0.6) is 0 Å². The number of hydrogen-bond acceptors (Lipinski definition) is 4. The smallest absolute Gasteiger partial charge is 0.0992 e. The van der Waals surface area contributed by atoms with Gasteiger partial charge in [-0.05, 0) is 42.0 Å². The van der Waals surface area contributed by atoms with Crippen LogP contribution in [0, 0.1) is 22.7 Å². The minimum Gasteiger partial charge on any atom is -0.398 e. The standard InChI is InChI=1S/C15H12N4/c16-7-6-12-9-14(4-5-15(12)18)19-13-3-1-2-11(8-13)10-17/h1-5,8-9,19H,6,18H2. The molecule has 0 spiro atoms. The summed E-state index contributed by atoms with van der Waals surface area (Å²) in [7, 11) is 0. The van der Waals surface area contributed by atoms with E-state index in [0.29, 0.717) is 11.3 Å². The molecule has 2 rings (SSSR count). The second-order valence-electron chi connectivity index (χ2n) is 4.07. The average Bonchev–Trinajstić information content (AvgIpc) is 2.43. The summed E-state index contributed by atoms with van der Waals surface area (Å²) in [5, 5.41) is 20.8. The van der Waals surface area contributed by atoms with E-state index < -0.39 is 0 Å². The second kappa shape index (κ2) is 5.57. The molecule has 0 fully saturated rings. The van der Waals surface area contributed by atoms with Crippen molar-refractivity contribution in [1.82, 2.24) is 0 Å². The van der Waals surface area contributed by atoms with Gasteiger partial charge in [-0.15, -0.1) is 0 Å². The lowest BCUT2D eigenvalue weighted by Gasteiger charge is -2.09. The van der Waals surface area contributed by atoms with Crippen molar-refractivity contribution in [2.75, 3.05) is 11.1 Å². The van der Waals surface area contributed by atoms with Gasteiger partial charge in [0.15, 0.2) is 0 Å². The third-order valence-electron chi connectivity index (χ3n) is 2.69. The lowest BCUT2D eigenvalue weighted by molar-refractivity contribution is 1.27. The zero-order valence-electron chi connectivity index (χ0n) is 10.2. The molecule has 0 saturated heterocycles. The first-order valence-electron chi connectivity index (χ1n) is 5.75. The molecule has 0 aliphatic carbocycles. The number of hydrogen-bond donors (Lipinski definition) is 2. The van der Waals surface area contributed by atoms with Gasteiger partial charge in [-0.3, -0.25) is 0 Å². The van der Waals surface area contributed by atoms with E-state index in [1.165, 1.54) is 0 Å². The molecule has 0 aliphatic rings. The molecule has 0 aromatic heterocycles. The largest absolute Gasteiger partial charge is 0.398 e. The van der Waals surface area contributed by atoms with Gasteiger partial charge in [0.1, 0.15) is 0 Å². The maximum atomic E-state index is 8.85. The summed E-state index contributed by atoms with van der Waals surface area (Å²) in [4.78, 5) is 0. The number of nitrogens with zero attached hydrogens (tertiary/aromatic N) is 2. The topological polar surface area (TPSA) is 85.6 Å². The number of anilines is 3. The summed E-state index contributed by atoms with van der Waals surface area (Å²) in [6.07, 6.45) is 0.277. The Morgan fingerprint density at radius 2 is 1.84 bits per heavy atom. The summed E-state index contributed by atoms with van der Waals surface area (Å²) >= 11 is 0. The minimum atomic E-state index is 0.277. The van der Waals surface area contributed by atoms with Crippen LogP contribution in [0.25, 0.3) is 0 Å². The van der Waals surface area contributed by atoms with E-state index in [9.17, 15) is 0 Å². The molecule has 0 saturated carbocycles. The predicted molar refractivity (Wildman–Crippen MR) is 74.6 cm³/mol. The van der Waals surface area contributed by atoms with Crippen LogP contribution in [0.1, 0.15) is 11.1 Å². The normalized spacial score (nSPS) is 9.37. The molecule has 0 radical (unpaired) electrons. The predicted octanol–water partition coefficient (Wildman–Crippen LogP) is 2.95. The number of nitrogen functional groups attached to an aromatic ring is 1. The summed E-state index contributed by atoms with van der Waals surface area (Å²) in [6, 6.07) is 16.8. The number of nitrogens with one attached hydrogen (secondary N) is 1. The van der Waals surface area contributed by atoms with Crippen LogP contribution >= 0.6 is 0 Å². The fourth-order valence-corrected chi connectivity index (χ4v) is 1.75. The zero-order chi connectivity index (χ0) is 13.7. The Labute approximate surface area is 111 Å². The Hall–Kier alpha value is -2.98. The van der Waals surface area contributed by atoms with Crippen molar-refractivity contribution in [3.05, 3.63) is 53.6 Å². The van der Waals surface area contributed by atoms with Crippen LogP contribution in [0.2, 0.25) is 0 Å². The van der Waals surface area contributed by atoms with E-state index in [0.717, 1.165) is 16.9 Å². The Bertz CT molecular complexity index is 677. The van der Waals surface area contributed by atoms with E-state index in [-0.39, 0.29) is 6.42 Å². The number of benzene rings is 2. The Kier molecular flexibility index (Phi) is 3.66. The van der Waals surface area contributed by atoms with Gasteiger partial charge in [0.25, 0.3) is 0 Å². The monoisotopic (exact) mass is 248 g/mol. The minimum absolute atomic E-state index is 0.277. The molecule has 0 atom stereocenters. The van der Waals surface area contributed by atoms with Gasteiger partial charge in [-0.25, -0.2) is 0 Å². The Morgan fingerprint density at radius 1 is 1.05 bits per heavy atom. The first kappa shape index (κ1) is 12.5. The highest BCUT2D eigenvalue weighted by atomic mass is 14.9. The van der Waals surface area contributed by atoms with E-state index in [2.05, 4.69) is 17.5 Å². The van der Waals surface area contributed by atoms with E-state index in [4.69, 9.17) is 16.3 Å². The third-order valence-corrected chi connectivity index (χ3v) is 2.69. The molecule has 4 heteroatoms. The van der Waals surface area contributed by atoms with Crippen LogP contribution in [-0.4, -0.2) is 0 Å². The van der Waals surface area contributed by atoms with Gasteiger partial charge in [0.2, 0.25) is 0 Å². The molecule has 0 unspecified atom stereocenters. The highest BCUT2D eigenvalue weighted by Gasteiger charge is 2.02. The maximum Gasteiger partial charge on any atom is 0.0992 e. The quantitative estimate of drug-likeness (QED) is 0.818. The number of nitriles is 2. The van der Waals surface area contributed by atoms with Gasteiger partial charge in [-0.1, -0.05) is 6.07 Å². The second-order valence-corrected chi connectivity index (χ2v) is 4.07. The molecule has 2 aromatic rings. The van der Waals surface area contributed by atoms with Crippen molar-refractivity contribution in [2.24, 2.45) is 0 Å². The highest BCUT2D eigenvalue weighted by Crippen LogP contribution is 2.22. The third kappa shape index (κ3) is 3.02. The van der Waals surface area contributed by atoms with Crippen molar-refractivity contribution in [3.8, 4) is 12.1 Å². The summed E-state index contributed by atoms with van der Waals surface area (Å²) < 4.78 is 0. The summed E-state index contributed by atoms with van der Waals surface area (Å²) in [5.41, 5.74) is 9.46. The molecule has 0 bridgehead atoms. The number of nitrogens with two attached hydrogens (primary N) is 1. The van der Waals surface area contributed by atoms with Crippen LogP contribution in [-0.2, 0) is 6.42 Å². The van der Waals surface area contributed by atoms with Gasteiger partial charge < -0.3 is 11.1 Å². The Balaban J connectivity index is 2.26. The molecule has 3 N–H and O–H groups in total. The Morgan fingerprint density at radius 3 is 2.58 bits per heavy atom. The van der Waals surface area contributed by atoms with Gasteiger partial charge >= 0.3 is 0 Å². The molecule has 4 nitrogen and oxygen atoms in total. The van der Waals surface area contributed by atoms with Crippen molar-refractivity contribution in [1.29, 1.82) is 10.5 Å². The fraction of sp³-hybridized carbons (Fsp3) is 0.0667. The highest BCUT2D eigenvalue weighted by molar-refractivity contribution is 5.65. The first-order valence-corrected chi connectivity index (χ1v) is 5.75. The van der Waals surface area contributed by atoms with Crippen LogP contribution in [0.15, 0.2) is 42.5 Å². The summed E-state index contributed by atoms with van der Waals surface area (Å²) in [6.45, 7) is 0. The molecular formula is C15H12N4. The van der Waals surface area contributed by atoms with Crippen LogP contribution < -0.4 is 11.1 Å². The first-order chi connectivity index (χ1) is 9.22. The molecule has 2 aromatic carbocycles. The van der Waals surface area contributed by atoms with Crippen molar-refractivity contribution >= 4 is 17.1 Å². The van der Waals surface area contributed by atoms with Crippen LogP contribution in [0.3, 0.4) is 0 Å². The summed E-state index contributed by atoms with van der Waals surface area (Å²) in [5.74, 6) is 0. The van der Waals surface area contributed by atoms with E-state index in [1.54, 1.807) is 18.2 Å². The molecule has 0 heterocycles. The fourth-order valence-electron chi connectivity index (χ4n) is 1.75. The van der Waals surface area contributed by atoms with Crippen molar-refractivity contribution < 1.29 is 0 Å². The molecule has 0 amide bonds. The van der Waals surface area contributed by atoms with E-state index >= 15 is 0 Å². The average molecular weight is 248 g/mol. The SMILES string of the molecule is N#CCc1cc(Nc2cccc(C#N)c2)ccc1N. The molecular weight excluding hydrogens is 236 g/mol. The van der Waals surface area contributed by atoms with Gasteiger partial charge in [-0.2, -0.15) is 10.5 Å². The van der Waals surface area contributed by atoms with Gasteiger partial charge in [0.05, 0.1) is 24.1 Å². The number of rotatable bonds is 3. The molecule has 92 valence electrons. The van der Waals surface area contributed by atoms with Crippen molar-refractivity contribution in [2.45, 2.75) is 6.42 Å². The lowest BCUT2D eigenvalue weighted by Crippen LogP contribution is -1.96. The van der Waals surface area contributed by atoms with E-state index in [1.807, 2.05) is 24.3 Å².